The van der Waals surface area contributed by atoms with Gasteiger partial charge in [0.05, 0.1) is 18.5 Å². The average molecular weight is 542 g/mol. The number of hydrogen-bond acceptors (Lipinski definition) is 5. The van der Waals surface area contributed by atoms with Gasteiger partial charge in [0.25, 0.3) is 5.91 Å². The van der Waals surface area contributed by atoms with E-state index >= 15 is 0 Å². The molecule has 1 aliphatic heterocycles. The number of nitrogens with zero attached hydrogens (tertiary/aromatic N) is 3. The highest BCUT2D eigenvalue weighted by atomic mass is 35.5. The maximum atomic E-state index is 13.5. The molecule has 0 aliphatic carbocycles. The fraction of sp³-hybridized carbons (Fsp3) is 0.321. The molecular weight excluding hydrogens is 513 g/mol. The van der Waals surface area contributed by atoms with Crippen molar-refractivity contribution in [3.8, 4) is 16.9 Å². The molecule has 3 aromatic rings. The van der Waals surface area contributed by atoms with E-state index in [0.717, 1.165) is 11.3 Å². The third-order valence-corrected chi connectivity index (χ3v) is 6.57. The molecule has 0 atom stereocenters. The number of halogens is 2. The summed E-state index contributed by atoms with van der Waals surface area (Å²) >= 11 is 12.8. The number of fused-ring (bicyclic) bond motifs is 1. The Morgan fingerprint density at radius 3 is 2.41 bits per heavy atom. The number of hydrogen-bond donors (Lipinski definition) is 0. The second-order valence-electron chi connectivity index (χ2n) is 9.92. The van der Waals surface area contributed by atoms with Gasteiger partial charge in [-0.05, 0) is 57.5 Å². The van der Waals surface area contributed by atoms with Gasteiger partial charge >= 0.3 is 6.09 Å². The number of aryl methyl sites for hydroxylation is 1. The second kappa shape index (κ2) is 10.2. The van der Waals surface area contributed by atoms with Crippen LogP contribution in [0, 0.1) is 6.92 Å². The molecule has 0 bridgehead atoms. The molecule has 2 aromatic carbocycles. The first-order valence-electron chi connectivity index (χ1n) is 11.8. The maximum Gasteiger partial charge on any atom is 0.414 e. The van der Waals surface area contributed by atoms with E-state index in [4.69, 9.17) is 32.7 Å². The van der Waals surface area contributed by atoms with Crippen LogP contribution in [-0.4, -0.2) is 41.6 Å². The molecule has 0 unspecified atom stereocenters. The van der Waals surface area contributed by atoms with Gasteiger partial charge in [0.15, 0.2) is 0 Å². The number of amides is 2. The van der Waals surface area contributed by atoms with E-state index in [1.807, 2.05) is 24.3 Å². The van der Waals surface area contributed by atoms with Crippen LogP contribution in [0.5, 0.6) is 5.75 Å². The minimum atomic E-state index is -0.688. The number of methoxy groups -OCH3 is 1. The lowest BCUT2D eigenvalue weighted by atomic mass is 9.96. The van der Waals surface area contributed by atoms with Crippen molar-refractivity contribution in [2.24, 2.45) is 0 Å². The first-order valence-corrected chi connectivity index (χ1v) is 12.5. The Hall–Kier alpha value is -3.29. The van der Waals surface area contributed by atoms with Crippen LogP contribution in [0.4, 0.5) is 10.5 Å². The van der Waals surface area contributed by atoms with Gasteiger partial charge in [-0.15, -0.1) is 0 Å². The summed E-state index contributed by atoms with van der Waals surface area (Å²) in [6, 6.07) is 12.7. The van der Waals surface area contributed by atoms with E-state index in [1.54, 1.807) is 65.0 Å². The minimum Gasteiger partial charge on any atom is -0.497 e. The molecule has 9 heteroatoms. The number of carbonyl (C=O) groups is 2. The predicted molar refractivity (Wildman–Crippen MR) is 146 cm³/mol. The molecule has 1 aromatic heterocycles. The molecule has 0 fully saturated rings. The third kappa shape index (κ3) is 5.53. The van der Waals surface area contributed by atoms with Gasteiger partial charge in [0, 0.05) is 46.9 Å². The monoisotopic (exact) mass is 541 g/mol. The number of ether oxygens (including phenoxy) is 2. The summed E-state index contributed by atoms with van der Waals surface area (Å²) in [5, 5.41) is 0.885. The maximum absolute atomic E-state index is 13.5. The van der Waals surface area contributed by atoms with Crippen LogP contribution in [0.25, 0.3) is 11.1 Å². The lowest BCUT2D eigenvalue weighted by Crippen LogP contribution is -2.35. The summed E-state index contributed by atoms with van der Waals surface area (Å²) in [4.78, 5) is 34.4. The van der Waals surface area contributed by atoms with Gasteiger partial charge in [0.1, 0.15) is 17.0 Å². The zero-order valence-corrected chi connectivity index (χ0v) is 23.2. The summed E-state index contributed by atoms with van der Waals surface area (Å²) in [6.07, 6.45) is -0.539. The average Bonchev–Trinajstić information content (AvgIpc) is 3.12. The number of pyridine rings is 1. The number of carbonyl (C=O) groups excluding carboxylic acids is 2. The smallest absolute Gasteiger partial charge is 0.414 e. The van der Waals surface area contributed by atoms with Crippen LogP contribution in [0.2, 0.25) is 10.0 Å². The van der Waals surface area contributed by atoms with Crippen molar-refractivity contribution in [2.45, 2.75) is 46.4 Å². The quantitative estimate of drug-likeness (QED) is 0.351. The molecule has 7 nitrogen and oxygen atoms in total. The lowest BCUT2D eigenvalue weighted by molar-refractivity contribution is 0.0589. The highest BCUT2D eigenvalue weighted by molar-refractivity contribution is 6.36. The van der Waals surface area contributed by atoms with Crippen molar-refractivity contribution in [2.75, 3.05) is 19.1 Å². The Kier molecular flexibility index (Phi) is 7.40. The van der Waals surface area contributed by atoms with E-state index in [1.165, 1.54) is 4.90 Å². The first kappa shape index (κ1) is 26.8. The second-order valence-corrected chi connectivity index (χ2v) is 10.8. The zero-order chi connectivity index (χ0) is 27.1. The lowest BCUT2D eigenvalue weighted by Gasteiger charge is -2.28. The van der Waals surface area contributed by atoms with Crippen LogP contribution >= 0.6 is 23.2 Å². The van der Waals surface area contributed by atoms with E-state index in [9.17, 15) is 9.59 Å². The molecule has 0 N–H and O–H groups in total. The highest BCUT2D eigenvalue weighted by Gasteiger charge is 2.36. The Morgan fingerprint density at radius 2 is 1.81 bits per heavy atom. The normalized spacial score (nSPS) is 13.0. The van der Waals surface area contributed by atoms with Gasteiger partial charge in [-0.3, -0.25) is 9.69 Å². The van der Waals surface area contributed by atoms with Crippen molar-refractivity contribution < 1.29 is 19.1 Å². The molecule has 0 saturated heterocycles. The van der Waals surface area contributed by atoms with Crippen LogP contribution in [0.1, 0.15) is 48.1 Å². The number of anilines is 1. The van der Waals surface area contributed by atoms with Crippen molar-refractivity contribution in [3.63, 3.8) is 0 Å². The number of rotatable bonds is 5. The van der Waals surface area contributed by atoms with E-state index < -0.39 is 11.7 Å². The number of aromatic nitrogens is 1. The van der Waals surface area contributed by atoms with E-state index in [-0.39, 0.29) is 5.91 Å². The third-order valence-electron chi connectivity index (χ3n) is 6.02. The van der Waals surface area contributed by atoms with Crippen LogP contribution < -0.4 is 9.64 Å². The molecule has 0 spiro atoms. The summed E-state index contributed by atoms with van der Waals surface area (Å²) in [7, 11) is 3.24. The Morgan fingerprint density at radius 1 is 1.14 bits per heavy atom. The van der Waals surface area contributed by atoms with Crippen molar-refractivity contribution in [3.05, 3.63) is 75.0 Å². The summed E-state index contributed by atoms with van der Waals surface area (Å²) < 4.78 is 10.9. The molecule has 0 saturated carbocycles. The predicted octanol–water partition coefficient (Wildman–Crippen LogP) is 6.90. The van der Waals surface area contributed by atoms with Crippen molar-refractivity contribution in [1.82, 2.24) is 9.88 Å². The van der Waals surface area contributed by atoms with Crippen molar-refractivity contribution >= 4 is 40.9 Å². The van der Waals surface area contributed by atoms with Gasteiger partial charge in [-0.1, -0.05) is 41.4 Å². The standard InChI is InChI=1S/C28H29Cl2N3O4/c1-16-25(32(5)27(35)37-28(2,3)4)23(20-12-9-18(29)13-22(20)30)21-15-33(26(34)24(21)31-16)14-17-7-10-19(36-6)11-8-17/h7-13H,14-15H2,1-6H3. The Labute approximate surface area is 226 Å². The summed E-state index contributed by atoms with van der Waals surface area (Å²) in [5.74, 6) is 0.554. The van der Waals surface area contributed by atoms with Crippen LogP contribution in [0.15, 0.2) is 42.5 Å². The highest BCUT2D eigenvalue weighted by Crippen LogP contribution is 2.44. The van der Waals surface area contributed by atoms with E-state index in [0.29, 0.717) is 56.9 Å². The first-order chi connectivity index (χ1) is 17.4. The number of benzene rings is 2. The Balaban J connectivity index is 1.83. The van der Waals surface area contributed by atoms with E-state index in [2.05, 4.69) is 4.98 Å². The molecule has 2 amide bonds. The fourth-order valence-electron chi connectivity index (χ4n) is 4.37. The largest absolute Gasteiger partial charge is 0.497 e. The Bertz CT molecular complexity index is 1370. The molecule has 0 radical (unpaired) electrons. The van der Waals surface area contributed by atoms with Gasteiger partial charge in [0.2, 0.25) is 0 Å². The summed E-state index contributed by atoms with van der Waals surface area (Å²) in [6.45, 7) is 7.88. The molecular formula is C28H29Cl2N3O4. The molecule has 2 heterocycles. The topological polar surface area (TPSA) is 72.0 Å². The minimum absolute atomic E-state index is 0.188. The SMILES string of the molecule is COc1ccc(CN2Cc3c(nc(C)c(N(C)C(=O)OC(C)(C)C)c3-c3ccc(Cl)cc3Cl)C2=O)cc1. The van der Waals surface area contributed by atoms with Crippen LogP contribution in [0.3, 0.4) is 0 Å². The van der Waals surface area contributed by atoms with Gasteiger partial charge < -0.3 is 14.4 Å². The molecule has 37 heavy (non-hydrogen) atoms. The van der Waals surface area contributed by atoms with Crippen molar-refractivity contribution in [1.29, 1.82) is 0 Å². The fourth-order valence-corrected chi connectivity index (χ4v) is 4.87. The van der Waals surface area contributed by atoms with Crippen LogP contribution in [-0.2, 0) is 17.8 Å². The molecule has 1 aliphatic rings. The summed E-state index contributed by atoms with van der Waals surface area (Å²) in [5.41, 5.74) is 3.64. The molecule has 4 rings (SSSR count). The van der Waals surface area contributed by atoms with Gasteiger partial charge in [-0.2, -0.15) is 0 Å². The zero-order valence-electron chi connectivity index (χ0n) is 21.7. The van der Waals surface area contributed by atoms with Gasteiger partial charge in [-0.25, -0.2) is 9.78 Å². The molecule has 194 valence electrons.